The van der Waals surface area contributed by atoms with Crippen molar-refractivity contribution in [1.82, 2.24) is 0 Å². The van der Waals surface area contributed by atoms with Gasteiger partial charge in [0.2, 0.25) is 0 Å². The van der Waals surface area contributed by atoms with Crippen LogP contribution in [0, 0.1) is 11.8 Å². The molecule has 0 amide bonds. The Kier molecular flexibility index (Phi) is 2.40. The fourth-order valence-electron chi connectivity index (χ4n) is 1.30. The minimum atomic E-state index is 0.443. The molecule has 0 heterocycles. The molecular weight excluding hydrogens is 132 g/mol. The summed E-state index contributed by atoms with van der Waals surface area (Å²) in [4.78, 5) is 0. The minimum Gasteiger partial charge on any atom is -0.122 e. The lowest BCUT2D eigenvalue weighted by Crippen LogP contribution is -2.26. The van der Waals surface area contributed by atoms with E-state index >= 15 is 0 Å². The van der Waals surface area contributed by atoms with E-state index in [0.717, 1.165) is 5.92 Å². The predicted molar refractivity (Wildman–Crippen MR) is 41.8 cm³/mol. The Labute approximate surface area is 62.6 Å². The van der Waals surface area contributed by atoms with Crippen LogP contribution in [0.15, 0.2) is 0 Å². The van der Waals surface area contributed by atoms with Crippen molar-refractivity contribution in [3.63, 3.8) is 0 Å². The van der Waals surface area contributed by atoms with Crippen LogP contribution in [0.2, 0.25) is 0 Å². The normalized spacial score (nSPS) is 24.0. The van der Waals surface area contributed by atoms with Gasteiger partial charge in [0.1, 0.15) is 0 Å². The van der Waals surface area contributed by atoms with E-state index in [1.165, 1.54) is 19.3 Å². The molecule has 9 heavy (non-hydrogen) atoms. The van der Waals surface area contributed by atoms with Gasteiger partial charge >= 0.3 is 0 Å². The quantitative estimate of drug-likeness (QED) is 0.526. The second-order valence-electron chi connectivity index (χ2n) is 3.38. The van der Waals surface area contributed by atoms with Gasteiger partial charge in [-0.25, -0.2) is 0 Å². The van der Waals surface area contributed by atoms with Crippen LogP contribution in [0.1, 0.15) is 33.1 Å². The van der Waals surface area contributed by atoms with Crippen molar-refractivity contribution in [3.8, 4) is 0 Å². The number of alkyl halides is 1. The number of halogens is 1. The molecule has 1 rings (SSSR count). The van der Waals surface area contributed by atoms with Crippen molar-refractivity contribution in [2.45, 2.75) is 38.5 Å². The fraction of sp³-hybridized carbons (Fsp3) is 1.00. The topological polar surface area (TPSA) is 0 Å². The van der Waals surface area contributed by atoms with Crippen LogP contribution in [0.4, 0.5) is 0 Å². The maximum Gasteiger partial charge on any atom is 0.0387 e. The molecule has 54 valence electrons. The van der Waals surface area contributed by atoms with Gasteiger partial charge in [0.05, 0.1) is 0 Å². The van der Waals surface area contributed by atoms with Crippen molar-refractivity contribution >= 4 is 11.6 Å². The number of hydrogen-bond donors (Lipinski definition) is 0. The van der Waals surface area contributed by atoms with Crippen LogP contribution in [0.5, 0.6) is 0 Å². The second-order valence-corrected chi connectivity index (χ2v) is 3.88. The largest absolute Gasteiger partial charge is 0.122 e. The van der Waals surface area contributed by atoms with Gasteiger partial charge in [0.25, 0.3) is 0 Å². The second kappa shape index (κ2) is 2.92. The first-order valence-electron chi connectivity index (χ1n) is 3.86. The zero-order chi connectivity index (χ0) is 6.85. The van der Waals surface area contributed by atoms with Gasteiger partial charge in [-0.2, -0.15) is 0 Å². The molecule has 1 fully saturated rings. The molecule has 1 saturated carbocycles. The average molecular weight is 147 g/mol. The molecule has 0 bridgehead atoms. The third-order valence-electron chi connectivity index (χ3n) is 2.24. The third-order valence-corrected chi connectivity index (χ3v) is 3.10. The molecule has 0 spiro atoms. The molecule has 1 heteroatoms. The molecule has 1 aliphatic carbocycles. The van der Waals surface area contributed by atoms with E-state index in [1.807, 2.05) is 0 Å². The van der Waals surface area contributed by atoms with E-state index in [2.05, 4.69) is 13.8 Å². The molecule has 1 aliphatic rings. The van der Waals surface area contributed by atoms with Crippen molar-refractivity contribution < 1.29 is 0 Å². The molecule has 0 N–H and O–H groups in total. The first kappa shape index (κ1) is 7.40. The minimum absolute atomic E-state index is 0.443. The molecule has 0 aromatic heterocycles. The van der Waals surface area contributed by atoms with Crippen molar-refractivity contribution in [3.05, 3.63) is 0 Å². The van der Waals surface area contributed by atoms with Gasteiger partial charge in [-0.05, 0) is 24.7 Å². The van der Waals surface area contributed by atoms with Crippen molar-refractivity contribution in [2.75, 3.05) is 0 Å². The summed E-state index contributed by atoms with van der Waals surface area (Å²) in [6.07, 6.45) is 4.14. The van der Waals surface area contributed by atoms with E-state index in [1.54, 1.807) is 0 Å². The molecule has 0 aromatic rings. The van der Waals surface area contributed by atoms with Crippen molar-refractivity contribution in [2.24, 2.45) is 11.8 Å². The first-order valence-corrected chi connectivity index (χ1v) is 4.29. The van der Waals surface area contributed by atoms with Gasteiger partial charge in [-0.15, -0.1) is 11.6 Å². The number of rotatable bonds is 2. The molecule has 0 nitrogen and oxygen atoms in total. The maximum atomic E-state index is 6.12. The van der Waals surface area contributed by atoms with Crippen LogP contribution in [-0.4, -0.2) is 5.38 Å². The van der Waals surface area contributed by atoms with Gasteiger partial charge in [0, 0.05) is 5.38 Å². The summed E-state index contributed by atoms with van der Waals surface area (Å²) in [5, 5.41) is 0.443. The lowest BCUT2D eigenvalue weighted by Gasteiger charge is -2.31. The number of hydrogen-bond acceptors (Lipinski definition) is 0. The summed E-state index contributed by atoms with van der Waals surface area (Å²) in [5.74, 6) is 1.50. The van der Waals surface area contributed by atoms with E-state index in [0.29, 0.717) is 11.3 Å². The summed E-state index contributed by atoms with van der Waals surface area (Å²) in [5.41, 5.74) is 0. The average Bonchev–Trinajstić information content (AvgIpc) is 1.60. The molecule has 1 atom stereocenters. The highest BCUT2D eigenvalue weighted by molar-refractivity contribution is 6.21. The van der Waals surface area contributed by atoms with E-state index in [9.17, 15) is 0 Å². The molecule has 0 radical (unpaired) electrons. The SMILES string of the molecule is CC(C)C(Cl)C1CCC1. The highest BCUT2D eigenvalue weighted by Crippen LogP contribution is 2.35. The van der Waals surface area contributed by atoms with Crippen LogP contribution >= 0.6 is 11.6 Å². The summed E-state index contributed by atoms with van der Waals surface area (Å²) >= 11 is 6.12. The van der Waals surface area contributed by atoms with Gasteiger partial charge in [0.15, 0.2) is 0 Å². The Bertz CT molecular complexity index is 84.6. The maximum absolute atomic E-state index is 6.12. The predicted octanol–water partition coefficient (Wildman–Crippen LogP) is 3.05. The van der Waals surface area contributed by atoms with Gasteiger partial charge < -0.3 is 0 Å². The Morgan fingerprint density at radius 3 is 2.00 bits per heavy atom. The summed E-state index contributed by atoms with van der Waals surface area (Å²) < 4.78 is 0. The van der Waals surface area contributed by atoms with Crippen LogP contribution < -0.4 is 0 Å². The molecular formula is C8H15Cl. The highest BCUT2D eigenvalue weighted by Gasteiger charge is 2.27. The van der Waals surface area contributed by atoms with E-state index in [-0.39, 0.29) is 0 Å². The van der Waals surface area contributed by atoms with Gasteiger partial charge in [-0.3, -0.25) is 0 Å². The third kappa shape index (κ3) is 1.61. The van der Waals surface area contributed by atoms with Crippen LogP contribution in [-0.2, 0) is 0 Å². The summed E-state index contributed by atoms with van der Waals surface area (Å²) in [6.45, 7) is 4.41. The Morgan fingerprint density at radius 1 is 1.33 bits per heavy atom. The zero-order valence-corrected chi connectivity index (χ0v) is 6.99. The zero-order valence-electron chi connectivity index (χ0n) is 6.23. The molecule has 1 unspecified atom stereocenters. The Hall–Kier alpha value is 0.290. The van der Waals surface area contributed by atoms with E-state index in [4.69, 9.17) is 11.6 Å². The Balaban J connectivity index is 2.23. The van der Waals surface area contributed by atoms with Crippen LogP contribution in [0.25, 0.3) is 0 Å². The lowest BCUT2D eigenvalue weighted by molar-refractivity contribution is 0.271. The molecule has 0 saturated heterocycles. The first-order chi connectivity index (χ1) is 4.22. The fourth-order valence-corrected chi connectivity index (χ4v) is 1.55. The van der Waals surface area contributed by atoms with Crippen molar-refractivity contribution in [1.29, 1.82) is 0 Å². The van der Waals surface area contributed by atoms with Gasteiger partial charge in [-0.1, -0.05) is 20.3 Å². The lowest BCUT2D eigenvalue weighted by atomic mass is 9.79. The molecule has 0 aliphatic heterocycles. The standard InChI is InChI=1S/C8H15Cl/c1-6(2)8(9)7-4-3-5-7/h6-8H,3-5H2,1-2H3. The monoisotopic (exact) mass is 146 g/mol. The Morgan fingerprint density at radius 2 is 1.89 bits per heavy atom. The summed E-state index contributed by atoms with van der Waals surface area (Å²) in [6, 6.07) is 0. The summed E-state index contributed by atoms with van der Waals surface area (Å²) in [7, 11) is 0. The molecule has 0 aromatic carbocycles. The van der Waals surface area contributed by atoms with E-state index < -0.39 is 0 Å². The van der Waals surface area contributed by atoms with Crippen LogP contribution in [0.3, 0.4) is 0 Å². The smallest absolute Gasteiger partial charge is 0.0387 e. The highest BCUT2D eigenvalue weighted by atomic mass is 35.5.